The molecule has 1 amide bonds. The van der Waals surface area contributed by atoms with Crippen molar-refractivity contribution >= 4 is 23.5 Å². The van der Waals surface area contributed by atoms with Crippen LogP contribution in [0, 0.1) is 0 Å². The molecule has 1 aromatic carbocycles. The maximum atomic E-state index is 12.9. The number of carbonyl (C=O) groups excluding carboxylic acids is 1. The molecular formula is C18H24ClNO6. The molecule has 0 spiro atoms. The molecule has 1 saturated heterocycles. The van der Waals surface area contributed by atoms with Crippen molar-refractivity contribution in [2.75, 3.05) is 33.0 Å². The Morgan fingerprint density at radius 3 is 2.77 bits per heavy atom. The van der Waals surface area contributed by atoms with Crippen LogP contribution < -0.4 is 9.47 Å². The molecule has 1 N–H and O–H groups in total. The van der Waals surface area contributed by atoms with Gasteiger partial charge in [-0.3, -0.25) is 9.59 Å². The van der Waals surface area contributed by atoms with Gasteiger partial charge in [-0.05, 0) is 25.5 Å². The Labute approximate surface area is 157 Å². The van der Waals surface area contributed by atoms with E-state index in [-0.39, 0.29) is 24.0 Å². The highest BCUT2D eigenvalue weighted by atomic mass is 35.5. The van der Waals surface area contributed by atoms with Gasteiger partial charge in [0.05, 0.1) is 43.9 Å². The molecule has 1 heterocycles. The minimum absolute atomic E-state index is 0.171. The summed E-state index contributed by atoms with van der Waals surface area (Å²) in [7, 11) is 0. The van der Waals surface area contributed by atoms with Gasteiger partial charge in [-0.2, -0.15) is 0 Å². The summed E-state index contributed by atoms with van der Waals surface area (Å²) in [5, 5.41) is 9.35. The zero-order valence-corrected chi connectivity index (χ0v) is 15.8. The zero-order valence-electron chi connectivity index (χ0n) is 15.0. The van der Waals surface area contributed by atoms with E-state index in [4.69, 9.17) is 30.9 Å². The first-order valence-corrected chi connectivity index (χ1v) is 9.05. The molecule has 8 heteroatoms. The van der Waals surface area contributed by atoms with Crippen LogP contribution in [0.5, 0.6) is 11.5 Å². The van der Waals surface area contributed by atoms with Gasteiger partial charge in [-0.25, -0.2) is 0 Å². The van der Waals surface area contributed by atoms with E-state index in [1.165, 1.54) is 11.0 Å². The summed E-state index contributed by atoms with van der Waals surface area (Å²) in [6, 6.07) is 2.61. The lowest BCUT2D eigenvalue weighted by Crippen LogP contribution is -2.49. The predicted molar refractivity (Wildman–Crippen MR) is 96.3 cm³/mol. The summed E-state index contributed by atoms with van der Waals surface area (Å²) in [6.07, 6.45) is 0.642. The van der Waals surface area contributed by atoms with E-state index in [0.717, 1.165) is 6.42 Å². The van der Waals surface area contributed by atoms with Gasteiger partial charge in [-0.1, -0.05) is 18.5 Å². The molecule has 2 rings (SSSR count). The maximum Gasteiger partial charge on any atom is 0.305 e. The lowest BCUT2D eigenvalue weighted by atomic mass is 10.1. The van der Waals surface area contributed by atoms with Crippen molar-refractivity contribution in [3.8, 4) is 11.5 Å². The SMILES string of the molecule is CCCOc1c(Cl)cc(C(=O)N2CCOCC2CC(=O)O)cc1OCC. The van der Waals surface area contributed by atoms with Gasteiger partial charge in [-0.15, -0.1) is 0 Å². The van der Waals surface area contributed by atoms with Crippen LogP contribution in [0.25, 0.3) is 0 Å². The van der Waals surface area contributed by atoms with E-state index in [0.29, 0.717) is 43.4 Å². The number of ether oxygens (including phenoxy) is 3. The molecule has 7 nitrogen and oxygen atoms in total. The van der Waals surface area contributed by atoms with Crippen molar-refractivity contribution in [1.82, 2.24) is 4.90 Å². The molecule has 1 atom stereocenters. The van der Waals surface area contributed by atoms with E-state index < -0.39 is 12.0 Å². The third kappa shape index (κ3) is 5.02. The number of halogens is 1. The monoisotopic (exact) mass is 385 g/mol. The third-order valence-corrected chi connectivity index (χ3v) is 4.19. The summed E-state index contributed by atoms with van der Waals surface area (Å²) >= 11 is 6.32. The molecule has 0 saturated carbocycles. The normalized spacial score (nSPS) is 17.0. The standard InChI is InChI=1S/C18H24ClNO6/c1-3-6-26-17-14(19)8-12(9-15(17)25-4-2)18(23)20-5-7-24-11-13(20)10-16(21)22/h8-9,13H,3-7,10-11H2,1-2H3,(H,21,22). The number of carbonyl (C=O) groups is 2. The molecule has 1 aliphatic heterocycles. The van der Waals surface area contributed by atoms with Gasteiger partial charge < -0.3 is 24.2 Å². The topological polar surface area (TPSA) is 85.3 Å². The number of carboxylic acid groups (broad SMARTS) is 1. The Hall–Kier alpha value is -1.99. The van der Waals surface area contributed by atoms with Crippen LogP contribution in [0.3, 0.4) is 0 Å². The Kier molecular flexibility index (Phi) is 7.53. The Morgan fingerprint density at radius 2 is 2.12 bits per heavy atom. The largest absolute Gasteiger partial charge is 0.490 e. The highest BCUT2D eigenvalue weighted by molar-refractivity contribution is 6.32. The van der Waals surface area contributed by atoms with Gasteiger partial charge in [0.2, 0.25) is 0 Å². The van der Waals surface area contributed by atoms with Crippen LogP contribution in [0.15, 0.2) is 12.1 Å². The van der Waals surface area contributed by atoms with E-state index in [2.05, 4.69) is 0 Å². The number of benzene rings is 1. The molecule has 0 aliphatic carbocycles. The van der Waals surface area contributed by atoms with Crippen molar-refractivity contribution in [3.63, 3.8) is 0 Å². The van der Waals surface area contributed by atoms with Crippen LogP contribution in [0.2, 0.25) is 5.02 Å². The van der Waals surface area contributed by atoms with Crippen LogP contribution in [-0.4, -0.2) is 60.9 Å². The molecule has 26 heavy (non-hydrogen) atoms. The molecule has 0 bridgehead atoms. The molecular weight excluding hydrogens is 362 g/mol. The summed E-state index contributed by atoms with van der Waals surface area (Å²) in [5.74, 6) is -0.463. The van der Waals surface area contributed by atoms with Crippen LogP contribution in [0.4, 0.5) is 0 Å². The summed E-state index contributed by atoms with van der Waals surface area (Å²) < 4.78 is 16.6. The number of morpholine rings is 1. The fourth-order valence-corrected chi connectivity index (χ4v) is 3.02. The van der Waals surface area contributed by atoms with Gasteiger partial charge >= 0.3 is 5.97 Å². The average Bonchev–Trinajstić information content (AvgIpc) is 2.60. The smallest absolute Gasteiger partial charge is 0.305 e. The van der Waals surface area contributed by atoms with Crippen molar-refractivity contribution in [3.05, 3.63) is 22.7 Å². The number of amides is 1. The van der Waals surface area contributed by atoms with Crippen molar-refractivity contribution in [1.29, 1.82) is 0 Å². The first-order valence-electron chi connectivity index (χ1n) is 8.67. The number of rotatable bonds is 8. The fraction of sp³-hybridized carbons (Fsp3) is 0.556. The third-order valence-electron chi connectivity index (χ3n) is 3.91. The van der Waals surface area contributed by atoms with Gasteiger partial charge in [0.15, 0.2) is 11.5 Å². The highest BCUT2D eigenvalue weighted by Gasteiger charge is 2.30. The van der Waals surface area contributed by atoms with Gasteiger partial charge in [0, 0.05) is 12.1 Å². The van der Waals surface area contributed by atoms with Gasteiger partial charge in [0.25, 0.3) is 5.91 Å². The number of hydrogen-bond acceptors (Lipinski definition) is 5. The van der Waals surface area contributed by atoms with Crippen molar-refractivity contribution < 1.29 is 28.9 Å². The first-order chi connectivity index (χ1) is 12.5. The second-order valence-corrected chi connectivity index (χ2v) is 6.30. The van der Waals surface area contributed by atoms with Crippen LogP contribution >= 0.6 is 11.6 Å². The number of nitrogens with zero attached hydrogens (tertiary/aromatic N) is 1. The zero-order chi connectivity index (χ0) is 19.1. The maximum absolute atomic E-state index is 12.9. The van der Waals surface area contributed by atoms with Crippen LogP contribution in [0.1, 0.15) is 37.0 Å². The minimum Gasteiger partial charge on any atom is -0.490 e. The molecule has 1 unspecified atom stereocenters. The molecule has 1 aromatic rings. The quantitative estimate of drug-likeness (QED) is 0.740. The Morgan fingerprint density at radius 1 is 1.35 bits per heavy atom. The fourth-order valence-electron chi connectivity index (χ4n) is 2.76. The first kappa shape index (κ1) is 20.3. The minimum atomic E-state index is -0.977. The number of carboxylic acids is 1. The van der Waals surface area contributed by atoms with E-state index >= 15 is 0 Å². The van der Waals surface area contributed by atoms with Gasteiger partial charge in [0.1, 0.15) is 0 Å². The summed E-state index contributed by atoms with van der Waals surface area (Å²) in [5.41, 5.74) is 0.333. The molecule has 144 valence electrons. The lowest BCUT2D eigenvalue weighted by Gasteiger charge is -2.35. The summed E-state index contributed by atoms with van der Waals surface area (Å²) in [6.45, 7) is 5.58. The van der Waals surface area contributed by atoms with E-state index in [1.807, 2.05) is 13.8 Å². The van der Waals surface area contributed by atoms with Crippen LogP contribution in [-0.2, 0) is 9.53 Å². The molecule has 1 aliphatic rings. The second-order valence-electron chi connectivity index (χ2n) is 5.89. The number of hydrogen-bond donors (Lipinski definition) is 1. The second kappa shape index (κ2) is 9.64. The van der Waals surface area contributed by atoms with Crippen molar-refractivity contribution in [2.24, 2.45) is 0 Å². The summed E-state index contributed by atoms with van der Waals surface area (Å²) in [4.78, 5) is 25.5. The van der Waals surface area contributed by atoms with E-state index in [1.54, 1.807) is 6.07 Å². The Bertz CT molecular complexity index is 651. The predicted octanol–water partition coefficient (Wildman–Crippen LogP) is 2.84. The Balaban J connectivity index is 2.30. The van der Waals surface area contributed by atoms with Crippen molar-refractivity contribution in [2.45, 2.75) is 32.7 Å². The lowest BCUT2D eigenvalue weighted by molar-refractivity contribution is -0.139. The molecule has 0 radical (unpaired) electrons. The number of aliphatic carboxylic acids is 1. The molecule has 1 fully saturated rings. The average molecular weight is 386 g/mol. The highest BCUT2D eigenvalue weighted by Crippen LogP contribution is 2.37. The van der Waals surface area contributed by atoms with E-state index in [9.17, 15) is 9.59 Å². The molecule has 0 aromatic heterocycles.